The van der Waals surface area contributed by atoms with Gasteiger partial charge in [-0.05, 0) is 31.9 Å². The summed E-state index contributed by atoms with van der Waals surface area (Å²) in [6.07, 6.45) is 5.15. The van der Waals surface area contributed by atoms with E-state index in [0.29, 0.717) is 16.9 Å². The zero-order valence-electron chi connectivity index (χ0n) is 8.87. The van der Waals surface area contributed by atoms with Gasteiger partial charge in [0.1, 0.15) is 5.78 Å². The lowest BCUT2D eigenvalue weighted by Gasteiger charge is -2.13. The molecule has 0 amide bonds. The SMILES string of the molecule is CC(=O)CCCC[C@H](CCS)SCN. The van der Waals surface area contributed by atoms with E-state index in [1.165, 1.54) is 0 Å². The molecule has 0 aliphatic heterocycles. The number of carbonyl (C=O) groups excluding carboxylic acids is 1. The lowest BCUT2D eigenvalue weighted by molar-refractivity contribution is -0.117. The zero-order valence-corrected chi connectivity index (χ0v) is 10.6. The third-order valence-electron chi connectivity index (χ3n) is 2.09. The van der Waals surface area contributed by atoms with Crippen molar-refractivity contribution < 1.29 is 4.79 Å². The third kappa shape index (κ3) is 8.91. The Morgan fingerprint density at radius 2 is 2.14 bits per heavy atom. The maximum Gasteiger partial charge on any atom is 0.129 e. The Morgan fingerprint density at radius 1 is 1.43 bits per heavy atom. The Hall–Kier alpha value is 0.330. The minimum atomic E-state index is 0.294. The summed E-state index contributed by atoms with van der Waals surface area (Å²) in [5, 5.41) is 0.629. The molecule has 0 radical (unpaired) electrons. The summed E-state index contributed by atoms with van der Waals surface area (Å²) >= 11 is 6.03. The van der Waals surface area contributed by atoms with Crippen molar-refractivity contribution in [1.29, 1.82) is 0 Å². The molecule has 0 aromatic carbocycles. The fraction of sp³-hybridized carbons (Fsp3) is 0.900. The summed E-state index contributed by atoms with van der Waals surface area (Å²) in [4.78, 5) is 10.7. The predicted molar refractivity (Wildman–Crippen MR) is 68.1 cm³/mol. The van der Waals surface area contributed by atoms with Crippen LogP contribution in [0.3, 0.4) is 0 Å². The summed E-state index contributed by atoms with van der Waals surface area (Å²) < 4.78 is 0. The van der Waals surface area contributed by atoms with Gasteiger partial charge in [0.05, 0.1) is 0 Å². The molecule has 2 nitrogen and oxygen atoms in total. The van der Waals surface area contributed by atoms with Crippen molar-refractivity contribution >= 4 is 30.2 Å². The molecule has 0 aliphatic carbocycles. The molecule has 0 heterocycles. The molecule has 0 unspecified atom stereocenters. The number of thiol groups is 1. The second-order valence-electron chi connectivity index (χ2n) is 3.42. The summed E-state index contributed by atoms with van der Waals surface area (Å²) in [6.45, 7) is 1.65. The van der Waals surface area contributed by atoms with Crippen LogP contribution in [0.2, 0.25) is 0 Å². The van der Waals surface area contributed by atoms with Crippen LogP contribution < -0.4 is 5.73 Å². The van der Waals surface area contributed by atoms with E-state index in [4.69, 9.17) is 5.73 Å². The van der Waals surface area contributed by atoms with E-state index in [-0.39, 0.29) is 0 Å². The van der Waals surface area contributed by atoms with Gasteiger partial charge in [0.25, 0.3) is 0 Å². The first-order valence-corrected chi connectivity index (χ1v) is 6.80. The van der Waals surface area contributed by atoms with E-state index in [9.17, 15) is 4.79 Å². The average molecular weight is 235 g/mol. The Morgan fingerprint density at radius 3 is 2.64 bits per heavy atom. The molecule has 14 heavy (non-hydrogen) atoms. The molecule has 0 bridgehead atoms. The van der Waals surface area contributed by atoms with Crippen molar-refractivity contribution in [3.63, 3.8) is 0 Å². The van der Waals surface area contributed by atoms with Crippen molar-refractivity contribution in [2.45, 2.75) is 44.3 Å². The highest BCUT2D eigenvalue weighted by Gasteiger charge is 2.07. The van der Waals surface area contributed by atoms with Crippen molar-refractivity contribution in [2.24, 2.45) is 5.73 Å². The van der Waals surface area contributed by atoms with Crippen LogP contribution in [0.4, 0.5) is 0 Å². The zero-order chi connectivity index (χ0) is 10.8. The standard InChI is InChI=1S/C10H21NOS2/c1-9(12)4-2-3-5-10(6-7-13)14-8-11/h10,13H,2-8,11H2,1H3/t10-/m1/s1. The van der Waals surface area contributed by atoms with Gasteiger partial charge in [0, 0.05) is 17.5 Å². The Kier molecular flexibility index (Phi) is 10.1. The summed E-state index contributed by atoms with van der Waals surface area (Å²) in [5.74, 6) is 1.90. The number of thioether (sulfide) groups is 1. The van der Waals surface area contributed by atoms with Crippen molar-refractivity contribution in [1.82, 2.24) is 0 Å². The monoisotopic (exact) mass is 235 g/mol. The molecule has 0 rings (SSSR count). The molecule has 4 heteroatoms. The Balaban J connectivity index is 3.44. The molecule has 0 aromatic heterocycles. The van der Waals surface area contributed by atoms with Gasteiger partial charge in [-0.15, -0.1) is 11.8 Å². The molecule has 2 N–H and O–H groups in total. The number of hydrogen-bond acceptors (Lipinski definition) is 4. The summed E-state index contributed by atoms with van der Waals surface area (Å²) in [7, 11) is 0. The molecular formula is C10H21NOS2. The van der Waals surface area contributed by atoms with Crippen LogP contribution in [0.1, 0.15) is 39.0 Å². The highest BCUT2D eigenvalue weighted by atomic mass is 32.2. The van der Waals surface area contributed by atoms with E-state index in [1.54, 1.807) is 18.7 Å². The van der Waals surface area contributed by atoms with Crippen molar-refractivity contribution in [3.05, 3.63) is 0 Å². The van der Waals surface area contributed by atoms with Gasteiger partial charge in [0.2, 0.25) is 0 Å². The largest absolute Gasteiger partial charge is 0.322 e. The number of carbonyl (C=O) groups is 1. The minimum absolute atomic E-state index is 0.294. The molecule has 0 spiro atoms. The average Bonchev–Trinajstić information content (AvgIpc) is 2.12. The molecule has 0 aromatic rings. The molecular weight excluding hydrogens is 214 g/mol. The molecule has 84 valence electrons. The fourth-order valence-electron chi connectivity index (χ4n) is 1.34. The lowest BCUT2D eigenvalue weighted by Crippen LogP contribution is -2.08. The number of rotatable bonds is 9. The second-order valence-corrected chi connectivity index (χ2v) is 5.20. The molecule has 0 fully saturated rings. The van der Waals surface area contributed by atoms with Gasteiger partial charge in [-0.1, -0.05) is 6.42 Å². The third-order valence-corrected chi connectivity index (χ3v) is 3.48. The van der Waals surface area contributed by atoms with Crippen LogP contribution in [0.25, 0.3) is 0 Å². The normalized spacial score (nSPS) is 12.8. The lowest BCUT2D eigenvalue weighted by atomic mass is 10.1. The topological polar surface area (TPSA) is 43.1 Å². The van der Waals surface area contributed by atoms with Gasteiger partial charge in [0.15, 0.2) is 0 Å². The fourth-order valence-corrected chi connectivity index (χ4v) is 2.71. The van der Waals surface area contributed by atoms with Crippen LogP contribution in [-0.4, -0.2) is 22.7 Å². The molecule has 0 saturated carbocycles. The number of hydrogen-bond donors (Lipinski definition) is 2. The van der Waals surface area contributed by atoms with Crippen LogP contribution >= 0.6 is 24.4 Å². The van der Waals surface area contributed by atoms with E-state index >= 15 is 0 Å². The van der Waals surface area contributed by atoms with Gasteiger partial charge in [-0.2, -0.15) is 12.6 Å². The highest BCUT2D eigenvalue weighted by molar-refractivity contribution is 7.99. The van der Waals surface area contributed by atoms with Crippen molar-refractivity contribution in [3.8, 4) is 0 Å². The first-order valence-electron chi connectivity index (χ1n) is 5.12. The predicted octanol–water partition coefficient (Wildman–Crippen LogP) is 2.47. The maximum absolute atomic E-state index is 10.7. The van der Waals surface area contributed by atoms with Gasteiger partial charge < -0.3 is 10.5 Å². The Bertz CT molecular complexity index is 147. The van der Waals surface area contributed by atoms with Crippen LogP contribution in [-0.2, 0) is 4.79 Å². The highest BCUT2D eigenvalue weighted by Crippen LogP contribution is 2.20. The first-order chi connectivity index (χ1) is 6.70. The Labute approximate surface area is 96.8 Å². The van der Waals surface area contributed by atoms with Crippen molar-refractivity contribution in [2.75, 3.05) is 11.6 Å². The van der Waals surface area contributed by atoms with Crippen LogP contribution in [0, 0.1) is 0 Å². The summed E-state index contributed by atoms with van der Waals surface area (Å²) in [6, 6.07) is 0. The van der Waals surface area contributed by atoms with E-state index in [1.807, 2.05) is 0 Å². The van der Waals surface area contributed by atoms with E-state index in [2.05, 4.69) is 12.6 Å². The van der Waals surface area contributed by atoms with Gasteiger partial charge in [-0.25, -0.2) is 0 Å². The first kappa shape index (κ1) is 14.3. The maximum atomic E-state index is 10.7. The summed E-state index contributed by atoms with van der Waals surface area (Å²) in [5.41, 5.74) is 5.50. The number of unbranched alkanes of at least 4 members (excludes halogenated alkanes) is 1. The number of Topliss-reactive ketones (excluding diaryl/α,β-unsaturated/α-hetero) is 1. The van der Waals surface area contributed by atoms with E-state index in [0.717, 1.165) is 37.9 Å². The van der Waals surface area contributed by atoms with E-state index < -0.39 is 0 Å². The second kappa shape index (κ2) is 9.87. The molecule has 0 aliphatic rings. The van der Waals surface area contributed by atoms with Gasteiger partial charge in [-0.3, -0.25) is 0 Å². The molecule has 1 atom stereocenters. The smallest absolute Gasteiger partial charge is 0.129 e. The van der Waals surface area contributed by atoms with Crippen LogP contribution in [0.5, 0.6) is 0 Å². The molecule has 0 saturated heterocycles. The number of nitrogens with two attached hydrogens (primary N) is 1. The van der Waals surface area contributed by atoms with Crippen LogP contribution in [0.15, 0.2) is 0 Å². The minimum Gasteiger partial charge on any atom is -0.322 e. The quantitative estimate of drug-likeness (QED) is 0.366. The van der Waals surface area contributed by atoms with Gasteiger partial charge >= 0.3 is 0 Å². The number of ketones is 1.